The molecule has 0 bridgehead atoms. The van der Waals surface area contributed by atoms with Crippen molar-refractivity contribution in [3.63, 3.8) is 0 Å². The van der Waals surface area contributed by atoms with Gasteiger partial charge in [-0.1, -0.05) is 47.3 Å². The van der Waals surface area contributed by atoms with Crippen molar-refractivity contribution in [2.24, 2.45) is 5.16 Å². The third kappa shape index (κ3) is 5.15. The van der Waals surface area contributed by atoms with Gasteiger partial charge in [-0.25, -0.2) is 4.79 Å². The van der Waals surface area contributed by atoms with E-state index in [0.29, 0.717) is 11.1 Å². The van der Waals surface area contributed by atoms with Crippen molar-refractivity contribution in [3.05, 3.63) is 70.8 Å². The molecule has 0 amide bonds. The first-order chi connectivity index (χ1) is 13.4. The Labute approximate surface area is 160 Å². The standard InChI is InChI=1S/C21H14F3NO3/c1-27-20(26)19(25-28-2)17-13-7-5-10-15(17)9-3-4-11-16-12-6-8-14-18(16)21(22,23)24/h5-8,10,12-14H,1-2H3/b25-19+. The van der Waals surface area contributed by atoms with Gasteiger partial charge in [-0.2, -0.15) is 13.2 Å². The highest BCUT2D eigenvalue weighted by Crippen LogP contribution is 2.31. The van der Waals surface area contributed by atoms with Crippen molar-refractivity contribution >= 4 is 11.7 Å². The van der Waals surface area contributed by atoms with Gasteiger partial charge >= 0.3 is 12.1 Å². The zero-order valence-electron chi connectivity index (χ0n) is 14.9. The number of carbonyl (C=O) groups is 1. The van der Waals surface area contributed by atoms with E-state index in [2.05, 4.69) is 38.4 Å². The van der Waals surface area contributed by atoms with Crippen LogP contribution in [-0.2, 0) is 20.5 Å². The highest BCUT2D eigenvalue weighted by molar-refractivity contribution is 6.43. The maximum absolute atomic E-state index is 13.0. The third-order valence-corrected chi connectivity index (χ3v) is 3.43. The zero-order valence-corrected chi connectivity index (χ0v) is 14.9. The van der Waals surface area contributed by atoms with E-state index < -0.39 is 17.7 Å². The molecule has 0 aliphatic carbocycles. The number of ether oxygens (including phenoxy) is 1. The second-order valence-corrected chi connectivity index (χ2v) is 5.20. The second-order valence-electron chi connectivity index (χ2n) is 5.20. The van der Waals surface area contributed by atoms with Crippen molar-refractivity contribution in [3.8, 4) is 23.7 Å². The molecule has 0 unspecified atom stereocenters. The minimum Gasteiger partial charge on any atom is -0.464 e. The number of rotatable bonds is 3. The van der Waals surface area contributed by atoms with Gasteiger partial charge in [-0.3, -0.25) is 0 Å². The van der Waals surface area contributed by atoms with Crippen LogP contribution in [-0.4, -0.2) is 25.9 Å². The first kappa shape index (κ1) is 20.6. The molecule has 2 rings (SSSR count). The molecule has 0 fully saturated rings. The van der Waals surface area contributed by atoms with Crippen LogP contribution in [0.2, 0.25) is 0 Å². The lowest BCUT2D eigenvalue weighted by molar-refractivity contribution is -0.137. The van der Waals surface area contributed by atoms with Crippen LogP contribution in [0.5, 0.6) is 0 Å². The maximum Gasteiger partial charge on any atom is 0.417 e. The van der Waals surface area contributed by atoms with E-state index >= 15 is 0 Å². The van der Waals surface area contributed by atoms with Gasteiger partial charge in [0.05, 0.1) is 12.7 Å². The molecule has 2 aromatic carbocycles. The summed E-state index contributed by atoms with van der Waals surface area (Å²) >= 11 is 0. The Morgan fingerprint density at radius 2 is 1.50 bits per heavy atom. The summed E-state index contributed by atoms with van der Waals surface area (Å²) in [5.74, 6) is 9.30. The summed E-state index contributed by atoms with van der Waals surface area (Å²) in [7, 11) is 2.48. The van der Waals surface area contributed by atoms with Crippen LogP contribution < -0.4 is 0 Å². The minimum atomic E-state index is -4.50. The van der Waals surface area contributed by atoms with Crippen LogP contribution in [0.15, 0.2) is 53.7 Å². The SMILES string of the molecule is CO/N=C(/C(=O)OC)c1ccccc1C#CC#Cc1ccccc1C(F)(F)F. The van der Waals surface area contributed by atoms with Gasteiger partial charge in [0.1, 0.15) is 7.11 Å². The molecule has 4 nitrogen and oxygen atoms in total. The first-order valence-electron chi connectivity index (χ1n) is 7.85. The Morgan fingerprint density at radius 1 is 0.929 bits per heavy atom. The molecule has 0 saturated carbocycles. The van der Waals surface area contributed by atoms with E-state index in [-0.39, 0.29) is 11.3 Å². The van der Waals surface area contributed by atoms with E-state index in [1.807, 2.05) is 0 Å². The molecule has 0 atom stereocenters. The summed E-state index contributed by atoms with van der Waals surface area (Å²) in [6, 6.07) is 11.5. The monoisotopic (exact) mass is 385 g/mol. The van der Waals surface area contributed by atoms with E-state index in [1.54, 1.807) is 24.3 Å². The Morgan fingerprint density at radius 3 is 2.11 bits per heavy atom. The van der Waals surface area contributed by atoms with Crippen molar-refractivity contribution in [2.45, 2.75) is 6.18 Å². The van der Waals surface area contributed by atoms with Crippen LogP contribution in [0.4, 0.5) is 13.2 Å². The van der Waals surface area contributed by atoms with Crippen molar-refractivity contribution in [2.75, 3.05) is 14.2 Å². The summed E-state index contributed by atoms with van der Waals surface area (Å²) in [6.07, 6.45) is -4.50. The number of esters is 1. The van der Waals surface area contributed by atoms with E-state index in [9.17, 15) is 18.0 Å². The van der Waals surface area contributed by atoms with Gasteiger partial charge < -0.3 is 9.57 Å². The summed E-state index contributed by atoms with van der Waals surface area (Å²) in [5.41, 5.74) is -0.354. The van der Waals surface area contributed by atoms with Gasteiger partial charge in [0, 0.05) is 16.7 Å². The van der Waals surface area contributed by atoms with E-state index in [1.165, 1.54) is 32.4 Å². The molecule has 28 heavy (non-hydrogen) atoms. The number of benzene rings is 2. The lowest BCUT2D eigenvalue weighted by Crippen LogP contribution is -2.18. The number of oxime groups is 1. The molecule has 0 heterocycles. The van der Waals surface area contributed by atoms with Crippen molar-refractivity contribution < 1.29 is 27.5 Å². The normalized spacial score (nSPS) is 10.8. The number of nitrogens with zero attached hydrogens (tertiary/aromatic N) is 1. The van der Waals surface area contributed by atoms with Gasteiger partial charge in [0.2, 0.25) is 0 Å². The number of carbonyl (C=O) groups excluding carboxylic acids is 1. The first-order valence-corrected chi connectivity index (χ1v) is 7.85. The van der Waals surface area contributed by atoms with Crippen molar-refractivity contribution in [1.82, 2.24) is 0 Å². The summed E-state index contributed by atoms with van der Waals surface area (Å²) in [4.78, 5) is 16.6. The van der Waals surface area contributed by atoms with Gasteiger partial charge in [-0.05, 0) is 30.0 Å². The Kier molecular flexibility index (Phi) is 6.84. The minimum absolute atomic E-state index is 0.0923. The number of alkyl halides is 3. The van der Waals surface area contributed by atoms with Crippen LogP contribution in [0.25, 0.3) is 0 Å². The van der Waals surface area contributed by atoms with Crippen LogP contribution in [0.1, 0.15) is 22.3 Å². The van der Waals surface area contributed by atoms with Crippen LogP contribution >= 0.6 is 0 Å². The van der Waals surface area contributed by atoms with Gasteiger partial charge in [-0.15, -0.1) is 0 Å². The summed E-state index contributed by atoms with van der Waals surface area (Å²) in [5, 5.41) is 3.65. The number of methoxy groups -OCH3 is 1. The average Bonchev–Trinajstić information content (AvgIpc) is 2.69. The van der Waals surface area contributed by atoms with Crippen molar-refractivity contribution in [1.29, 1.82) is 0 Å². The molecule has 0 aliphatic rings. The Balaban J connectivity index is 2.40. The summed E-state index contributed by atoms with van der Waals surface area (Å²) < 4.78 is 43.6. The summed E-state index contributed by atoms with van der Waals surface area (Å²) in [6.45, 7) is 0. The topological polar surface area (TPSA) is 47.9 Å². The molecular formula is C21H14F3NO3. The fraction of sp³-hybridized carbons (Fsp3) is 0.143. The van der Waals surface area contributed by atoms with Crippen LogP contribution in [0, 0.1) is 23.7 Å². The molecule has 0 N–H and O–H groups in total. The molecule has 142 valence electrons. The molecule has 2 aromatic rings. The fourth-order valence-electron chi connectivity index (χ4n) is 2.22. The molecule has 0 aliphatic heterocycles. The highest BCUT2D eigenvalue weighted by Gasteiger charge is 2.32. The quantitative estimate of drug-likeness (QED) is 0.351. The number of halogens is 3. The number of hydrogen-bond acceptors (Lipinski definition) is 4. The molecule has 0 saturated heterocycles. The molecular weight excluding hydrogens is 371 g/mol. The molecule has 0 spiro atoms. The van der Waals surface area contributed by atoms with Gasteiger partial charge in [0.25, 0.3) is 0 Å². The lowest BCUT2D eigenvalue weighted by Gasteiger charge is -2.07. The second kappa shape index (κ2) is 9.29. The smallest absolute Gasteiger partial charge is 0.417 e. The Hall–Kier alpha value is -3.71. The predicted octanol–water partition coefficient (Wildman–Crippen LogP) is 3.63. The average molecular weight is 385 g/mol. The third-order valence-electron chi connectivity index (χ3n) is 3.43. The zero-order chi connectivity index (χ0) is 20.6. The van der Waals surface area contributed by atoms with Crippen LogP contribution in [0.3, 0.4) is 0 Å². The maximum atomic E-state index is 13.0. The lowest BCUT2D eigenvalue weighted by atomic mass is 10.0. The number of hydrogen-bond donors (Lipinski definition) is 0. The van der Waals surface area contributed by atoms with E-state index in [4.69, 9.17) is 0 Å². The molecule has 0 radical (unpaired) electrons. The molecule has 0 aromatic heterocycles. The van der Waals surface area contributed by atoms with Gasteiger partial charge in [0.15, 0.2) is 5.71 Å². The fourth-order valence-corrected chi connectivity index (χ4v) is 2.22. The highest BCUT2D eigenvalue weighted by atomic mass is 19.4. The largest absolute Gasteiger partial charge is 0.464 e. The van der Waals surface area contributed by atoms with E-state index in [0.717, 1.165) is 6.07 Å². The molecule has 7 heteroatoms. The predicted molar refractivity (Wildman–Crippen MR) is 97.2 cm³/mol. The Bertz CT molecular complexity index is 1020.